The zero-order chi connectivity index (χ0) is 20.6. The van der Waals surface area contributed by atoms with Crippen LogP contribution in [-0.4, -0.2) is 43.1 Å². The van der Waals surface area contributed by atoms with Crippen LogP contribution in [-0.2, 0) is 16.1 Å². The van der Waals surface area contributed by atoms with Crippen molar-refractivity contribution in [1.82, 2.24) is 4.90 Å². The minimum atomic E-state index is -1.22. The van der Waals surface area contributed by atoms with E-state index in [1.54, 1.807) is 47.4 Å². The summed E-state index contributed by atoms with van der Waals surface area (Å²) in [6.45, 7) is 2.20. The number of benzene rings is 2. The molecule has 3 rings (SSSR count). The molecule has 0 radical (unpaired) electrons. The Kier molecular flexibility index (Phi) is 6.61. The fourth-order valence-corrected chi connectivity index (χ4v) is 2.81. The average Bonchev–Trinajstić information content (AvgIpc) is 2.77. The summed E-state index contributed by atoms with van der Waals surface area (Å²) in [5, 5.41) is 20.1. The van der Waals surface area contributed by atoms with E-state index >= 15 is 0 Å². The first-order valence-electron chi connectivity index (χ1n) is 9.09. The summed E-state index contributed by atoms with van der Waals surface area (Å²) in [6, 6.07) is 15.3. The van der Waals surface area contributed by atoms with Crippen LogP contribution in [0.5, 0.6) is 5.75 Å². The fourth-order valence-electron chi connectivity index (χ4n) is 2.81. The van der Waals surface area contributed by atoms with Crippen molar-refractivity contribution in [1.29, 1.82) is 5.26 Å². The molecule has 0 atom stereocenters. The van der Waals surface area contributed by atoms with E-state index in [2.05, 4.69) is 0 Å². The van der Waals surface area contributed by atoms with Gasteiger partial charge in [-0.2, -0.15) is 5.26 Å². The predicted molar refractivity (Wildman–Crippen MR) is 103 cm³/mol. The number of aromatic carboxylic acids is 1. The molecule has 0 unspecified atom stereocenters. The Labute approximate surface area is 168 Å². The Balaban J connectivity index is 1.61. The first-order chi connectivity index (χ1) is 14.1. The lowest BCUT2D eigenvalue weighted by atomic mass is 10.1. The van der Waals surface area contributed by atoms with Gasteiger partial charge < -0.3 is 24.3 Å². The summed E-state index contributed by atoms with van der Waals surface area (Å²) in [7, 11) is 0. The zero-order valence-corrected chi connectivity index (χ0v) is 15.7. The molecule has 2 aromatic rings. The number of amides is 1. The molecule has 0 spiro atoms. The van der Waals surface area contributed by atoms with Crippen molar-refractivity contribution in [3.05, 3.63) is 70.8 Å². The number of hydrogen-bond acceptors (Lipinski definition) is 6. The van der Waals surface area contributed by atoms with Crippen LogP contribution < -0.4 is 9.84 Å². The molecule has 2 aromatic carbocycles. The fraction of sp³-hybridized carbons (Fsp3) is 0.227. The van der Waals surface area contributed by atoms with E-state index in [0.717, 1.165) is 5.56 Å². The highest BCUT2D eigenvalue weighted by molar-refractivity contribution is 6.01. The Hall–Kier alpha value is -3.63. The lowest BCUT2D eigenvalue weighted by Gasteiger charge is -2.26. The van der Waals surface area contributed by atoms with Gasteiger partial charge >= 0.3 is 0 Å². The van der Waals surface area contributed by atoms with Gasteiger partial charge in [0.1, 0.15) is 24.0 Å². The molecule has 7 nitrogen and oxygen atoms in total. The molecule has 1 saturated heterocycles. The van der Waals surface area contributed by atoms with Gasteiger partial charge in [-0.15, -0.1) is 0 Å². The third kappa shape index (κ3) is 5.43. The van der Waals surface area contributed by atoms with Gasteiger partial charge in [0.25, 0.3) is 5.91 Å². The number of ether oxygens (including phenoxy) is 2. The molecule has 7 heteroatoms. The maximum absolute atomic E-state index is 12.4. The van der Waals surface area contributed by atoms with E-state index in [1.807, 2.05) is 6.07 Å². The average molecular weight is 391 g/mol. The third-order valence-electron chi connectivity index (χ3n) is 4.44. The molecule has 1 heterocycles. The summed E-state index contributed by atoms with van der Waals surface area (Å²) in [5.74, 6) is -0.898. The van der Waals surface area contributed by atoms with Crippen molar-refractivity contribution in [3.63, 3.8) is 0 Å². The summed E-state index contributed by atoms with van der Waals surface area (Å²) in [5.41, 5.74) is 1.73. The van der Waals surface area contributed by atoms with Crippen LogP contribution >= 0.6 is 0 Å². The molecule has 148 valence electrons. The second-order valence-corrected chi connectivity index (χ2v) is 6.42. The number of morpholine rings is 1. The van der Waals surface area contributed by atoms with Crippen molar-refractivity contribution in [2.45, 2.75) is 6.61 Å². The number of carboxylic acids is 1. The Bertz CT molecular complexity index is 937. The van der Waals surface area contributed by atoms with Crippen LogP contribution in [0.2, 0.25) is 0 Å². The van der Waals surface area contributed by atoms with Crippen LogP contribution in [0.3, 0.4) is 0 Å². The maximum atomic E-state index is 12.4. The second-order valence-electron chi connectivity index (χ2n) is 6.42. The Morgan fingerprint density at radius 1 is 1.10 bits per heavy atom. The van der Waals surface area contributed by atoms with Crippen molar-refractivity contribution in [3.8, 4) is 11.8 Å². The largest absolute Gasteiger partial charge is 0.545 e. The van der Waals surface area contributed by atoms with Crippen LogP contribution in [0.15, 0.2) is 54.1 Å². The predicted octanol–water partition coefficient (Wildman–Crippen LogP) is 1.39. The first-order valence-corrected chi connectivity index (χ1v) is 9.09. The van der Waals surface area contributed by atoms with Crippen molar-refractivity contribution in [2.24, 2.45) is 0 Å². The Morgan fingerprint density at radius 2 is 1.76 bits per heavy atom. The van der Waals surface area contributed by atoms with Gasteiger partial charge in [-0.05, 0) is 34.9 Å². The van der Waals surface area contributed by atoms with Crippen LogP contribution in [0.25, 0.3) is 6.08 Å². The highest BCUT2D eigenvalue weighted by Gasteiger charge is 2.20. The number of nitriles is 1. The van der Waals surface area contributed by atoms with Gasteiger partial charge in [-0.3, -0.25) is 4.79 Å². The SMILES string of the molecule is N#C/C(=C/c1ccc(OCc2ccc(C(=O)[O-])cc2)cc1)C(=O)N1CCOCC1. The summed E-state index contributed by atoms with van der Waals surface area (Å²) in [4.78, 5) is 24.8. The van der Waals surface area contributed by atoms with Gasteiger partial charge in [-0.25, -0.2) is 0 Å². The molecule has 1 amide bonds. The first kappa shape index (κ1) is 20.1. The monoisotopic (exact) mass is 391 g/mol. The number of nitrogens with zero attached hydrogens (tertiary/aromatic N) is 2. The number of carbonyl (C=O) groups is 2. The van der Waals surface area contributed by atoms with Gasteiger partial charge in [0.15, 0.2) is 0 Å². The van der Waals surface area contributed by atoms with Crippen LogP contribution in [0, 0.1) is 11.3 Å². The maximum Gasteiger partial charge on any atom is 0.264 e. The van der Waals surface area contributed by atoms with Crippen molar-refractivity contribution >= 4 is 18.0 Å². The van der Waals surface area contributed by atoms with E-state index in [1.165, 1.54) is 12.1 Å². The number of carbonyl (C=O) groups excluding carboxylic acids is 2. The minimum absolute atomic E-state index is 0.0774. The molecule has 0 aromatic heterocycles. The van der Waals surface area contributed by atoms with E-state index in [0.29, 0.717) is 37.6 Å². The van der Waals surface area contributed by atoms with E-state index in [4.69, 9.17) is 9.47 Å². The molecule has 0 N–H and O–H groups in total. The van der Waals surface area contributed by atoms with Gasteiger partial charge in [0, 0.05) is 13.1 Å². The topological polar surface area (TPSA) is 103 Å². The third-order valence-corrected chi connectivity index (χ3v) is 4.44. The Morgan fingerprint density at radius 3 is 2.34 bits per heavy atom. The van der Waals surface area contributed by atoms with Gasteiger partial charge in [0.05, 0.1) is 19.2 Å². The quantitative estimate of drug-likeness (QED) is 0.545. The highest BCUT2D eigenvalue weighted by atomic mass is 16.5. The molecule has 1 fully saturated rings. The summed E-state index contributed by atoms with van der Waals surface area (Å²) >= 11 is 0. The standard InChI is InChI=1S/C22H20N2O5/c23-14-19(21(25)24-9-11-28-12-10-24)13-16-3-7-20(8-4-16)29-15-17-1-5-18(6-2-17)22(26)27/h1-8,13H,9-12,15H2,(H,26,27)/p-1/b19-13-. The smallest absolute Gasteiger partial charge is 0.264 e. The molecular formula is C22H19N2O5-. The number of rotatable bonds is 6. The van der Waals surface area contributed by atoms with Gasteiger partial charge in [-0.1, -0.05) is 36.4 Å². The molecule has 0 aliphatic carbocycles. The molecule has 0 saturated carbocycles. The van der Waals surface area contributed by atoms with E-state index < -0.39 is 5.97 Å². The second kappa shape index (κ2) is 9.53. The molecule has 0 bridgehead atoms. The summed E-state index contributed by atoms with van der Waals surface area (Å²) in [6.07, 6.45) is 1.56. The van der Waals surface area contributed by atoms with Crippen molar-refractivity contribution < 1.29 is 24.2 Å². The molecule has 29 heavy (non-hydrogen) atoms. The van der Waals surface area contributed by atoms with Crippen LogP contribution in [0.1, 0.15) is 21.5 Å². The summed E-state index contributed by atoms with van der Waals surface area (Å²) < 4.78 is 10.9. The number of hydrogen-bond donors (Lipinski definition) is 0. The lowest BCUT2D eigenvalue weighted by Crippen LogP contribution is -2.41. The van der Waals surface area contributed by atoms with Crippen LogP contribution in [0.4, 0.5) is 0 Å². The van der Waals surface area contributed by atoms with E-state index in [9.17, 15) is 20.0 Å². The normalized spacial score (nSPS) is 14.2. The number of carboxylic acid groups (broad SMARTS) is 1. The minimum Gasteiger partial charge on any atom is -0.545 e. The zero-order valence-electron chi connectivity index (χ0n) is 15.7. The van der Waals surface area contributed by atoms with E-state index in [-0.39, 0.29) is 23.7 Å². The lowest BCUT2D eigenvalue weighted by molar-refractivity contribution is -0.255. The molecule has 1 aliphatic heterocycles. The van der Waals surface area contributed by atoms with Crippen molar-refractivity contribution in [2.75, 3.05) is 26.3 Å². The van der Waals surface area contributed by atoms with Gasteiger partial charge in [0.2, 0.25) is 0 Å². The highest BCUT2D eigenvalue weighted by Crippen LogP contribution is 2.17. The molecule has 1 aliphatic rings. The molecular weight excluding hydrogens is 372 g/mol.